The Morgan fingerprint density at radius 1 is 0.958 bits per heavy atom. The van der Waals surface area contributed by atoms with E-state index < -0.39 is 36.3 Å². The van der Waals surface area contributed by atoms with Crippen LogP contribution < -0.4 is 11.1 Å². The number of hydrogen-bond acceptors (Lipinski definition) is 7. The number of carboxylic acids is 1. The van der Waals surface area contributed by atoms with Crippen molar-refractivity contribution in [3.63, 3.8) is 0 Å². The Balaban J connectivity index is -0.0000000744. The molecule has 142 valence electrons. The van der Waals surface area contributed by atoms with Crippen LogP contribution in [0.1, 0.15) is 9.99 Å². The van der Waals surface area contributed by atoms with Gasteiger partial charge in [0, 0.05) is 33.8 Å². The van der Waals surface area contributed by atoms with Gasteiger partial charge in [0.25, 0.3) is 5.91 Å². The summed E-state index contributed by atoms with van der Waals surface area (Å²) in [6, 6.07) is 2.01. The summed E-state index contributed by atoms with van der Waals surface area (Å²) in [5.74, 6) is 9.92. The van der Waals surface area contributed by atoms with Gasteiger partial charge in [-0.1, -0.05) is 0 Å². The predicted molar refractivity (Wildman–Crippen MR) is 96.9 cm³/mol. The van der Waals surface area contributed by atoms with Crippen molar-refractivity contribution in [1.29, 1.82) is 0 Å². The number of nitrogens with two attached hydrogens (primary N) is 1. The first-order chi connectivity index (χ1) is 11.3. The van der Waals surface area contributed by atoms with Crippen molar-refractivity contribution in [3.05, 3.63) is 0 Å². The fraction of sp³-hybridized carbons (Fsp3) is 0.333. The van der Waals surface area contributed by atoms with Crippen LogP contribution in [0.25, 0.3) is 0 Å². The molecule has 0 spiro atoms. The van der Waals surface area contributed by atoms with Crippen LogP contribution in [0.3, 0.4) is 0 Å². The zero-order valence-corrected chi connectivity index (χ0v) is 12.5. The Labute approximate surface area is 148 Å². The molecule has 8 N–H and O–H groups in total. The summed E-state index contributed by atoms with van der Waals surface area (Å²) in [7, 11) is 1.50. The van der Waals surface area contributed by atoms with Gasteiger partial charge in [0.2, 0.25) is 0 Å². The summed E-state index contributed by atoms with van der Waals surface area (Å²) >= 11 is 0. The van der Waals surface area contributed by atoms with Crippen LogP contribution in [0.5, 0.6) is 0 Å². The molecule has 24 heavy (non-hydrogen) atoms. The highest BCUT2D eigenvalue weighted by molar-refractivity contribution is 5.83. The van der Waals surface area contributed by atoms with Crippen LogP contribution in [-0.2, 0) is 9.59 Å². The minimum atomic E-state index is -2.37. The molecule has 1 amide bonds. The Kier molecular flexibility index (Phi) is 13.2. The molecule has 9 nitrogen and oxygen atoms in total. The zero-order chi connectivity index (χ0) is 19.1. The number of carbonyl (C=O) groups excluding carboxylic acids is 1. The van der Waals surface area contributed by atoms with Gasteiger partial charge in [-0.05, 0) is 24.8 Å². The first-order valence-electron chi connectivity index (χ1n) is 6.11. The van der Waals surface area contributed by atoms with Crippen LogP contribution in [0.4, 0.5) is 0 Å². The summed E-state index contributed by atoms with van der Waals surface area (Å²) in [4.78, 5) is 21.7. The number of aliphatic hydroxyl groups is 4. The van der Waals surface area contributed by atoms with Crippen molar-refractivity contribution in [1.82, 2.24) is 5.32 Å². The predicted octanol–water partition coefficient (Wildman–Crippen LogP) is -2.47. The number of aliphatic carboxylic acids is 1. The number of aliphatic hydroxyl groups excluding tert-OH is 4. The third kappa shape index (κ3) is 9.09. The summed E-state index contributed by atoms with van der Waals surface area (Å²) in [5, 5.41) is 47.3. The topological polar surface area (TPSA) is 173 Å². The molecule has 0 aromatic rings. The minimum absolute atomic E-state index is 0. The van der Waals surface area contributed by atoms with Crippen LogP contribution in [0.2, 0.25) is 0 Å². The average Bonchev–Trinajstić information content (AvgIpc) is 2.59. The molecule has 0 fully saturated rings. The van der Waals surface area contributed by atoms with E-state index in [4.69, 9.17) is 16.6 Å². The third-order valence-corrected chi connectivity index (χ3v) is 2.09. The van der Waals surface area contributed by atoms with Crippen LogP contribution in [-0.4, -0.2) is 68.9 Å². The molecule has 0 bridgehead atoms. The number of terminal acetylenes is 1. The maximum absolute atomic E-state index is 11.4. The maximum atomic E-state index is 11.4. The van der Waals surface area contributed by atoms with E-state index in [0.29, 0.717) is 0 Å². The second-order valence-electron chi connectivity index (χ2n) is 3.59. The van der Waals surface area contributed by atoms with Crippen molar-refractivity contribution in [2.75, 3.05) is 7.05 Å². The van der Waals surface area contributed by atoms with Crippen molar-refractivity contribution < 1.29 is 45.1 Å². The quantitative estimate of drug-likeness (QED) is 0.211. The molecule has 0 rings (SSSR count). The van der Waals surface area contributed by atoms with E-state index in [-0.39, 0.29) is 9.99 Å². The molecular formula is C15H30N2O7. The lowest BCUT2D eigenvalue weighted by Gasteiger charge is -2.23. The normalized spacial score (nSPS) is 13.0. The minimum Gasteiger partial charge on any atom is -0.479 e. The lowest BCUT2D eigenvalue weighted by Crippen LogP contribution is -2.52. The smallest absolute Gasteiger partial charge is 0.335 e. The van der Waals surface area contributed by atoms with Gasteiger partial charge in [-0.2, -0.15) is 0 Å². The number of rotatable bonds is 5. The van der Waals surface area contributed by atoms with Crippen molar-refractivity contribution >= 4 is 11.9 Å². The first kappa shape index (κ1) is 23.2. The molecule has 0 radical (unpaired) electrons. The highest BCUT2D eigenvalue weighted by atomic mass is 16.4. The van der Waals surface area contributed by atoms with Crippen LogP contribution in [0.15, 0.2) is 0 Å². The second kappa shape index (κ2) is 13.6. The molecule has 0 aromatic heterocycles. The number of hydrogen-bond donors (Lipinski definition) is 7. The van der Waals surface area contributed by atoms with Crippen LogP contribution >= 0.6 is 0 Å². The zero-order valence-electron chi connectivity index (χ0n) is 12.5. The van der Waals surface area contributed by atoms with Crippen LogP contribution in [0, 0.1) is 48.0 Å². The maximum Gasteiger partial charge on any atom is 0.335 e. The van der Waals surface area contributed by atoms with Gasteiger partial charge in [-0.25, -0.2) is 4.79 Å². The molecule has 0 aromatic carbocycles. The Morgan fingerprint density at radius 3 is 1.92 bits per heavy atom. The Hall–Kier alpha value is -3.02. The van der Waals surface area contributed by atoms with Gasteiger partial charge in [0.05, 0.1) is 0 Å². The highest BCUT2D eigenvalue weighted by Gasteiger charge is 2.37. The van der Waals surface area contributed by atoms with Crippen molar-refractivity contribution in [3.8, 4) is 48.0 Å². The van der Waals surface area contributed by atoms with E-state index in [1.54, 1.807) is 0 Å². The number of amides is 1. The summed E-state index contributed by atoms with van der Waals surface area (Å²) in [6.45, 7) is 0. The Morgan fingerprint density at radius 2 is 1.42 bits per heavy atom. The fourth-order valence-electron chi connectivity index (χ4n) is 1.00. The van der Waals surface area contributed by atoms with E-state index >= 15 is 0 Å². The molecule has 4 atom stereocenters. The monoisotopic (exact) mass is 350 g/mol. The standard InChI is InChI=1S/C14H11NO7.CH5N.7H2/c1-2-3-4-5-6-7-8-15-13(20)11(18)9(16)10(17)12(19)14(21)22;1-2;;;;;;;/h1,9-12,16-19H,(H,15,20)(H,21,22);2H2,1H3;7*1H/t9-,10-,11+,12-;;;;;;;;/m1......../s1. The summed E-state index contributed by atoms with van der Waals surface area (Å²) in [5.41, 5.74) is 4.50. The number of carboxylic acid groups (broad SMARTS) is 1. The molecule has 0 heterocycles. The molecule has 0 saturated heterocycles. The number of carbonyl (C=O) groups is 2. The van der Waals surface area contributed by atoms with Gasteiger partial charge < -0.3 is 31.3 Å². The molecule has 9 heteroatoms. The first-order valence-corrected chi connectivity index (χ1v) is 6.11. The fourth-order valence-corrected chi connectivity index (χ4v) is 1.00. The Bertz CT molecular complexity index is 673. The van der Waals surface area contributed by atoms with Gasteiger partial charge in [0.1, 0.15) is 12.2 Å². The van der Waals surface area contributed by atoms with Crippen molar-refractivity contribution in [2.24, 2.45) is 5.73 Å². The third-order valence-electron chi connectivity index (χ3n) is 2.09. The average molecular weight is 350 g/mol. The lowest BCUT2D eigenvalue weighted by atomic mass is 10.0. The lowest BCUT2D eigenvalue weighted by molar-refractivity contribution is -0.166. The van der Waals surface area contributed by atoms with E-state index in [1.807, 2.05) is 17.3 Å². The van der Waals surface area contributed by atoms with E-state index in [0.717, 1.165) is 0 Å². The van der Waals surface area contributed by atoms with E-state index in [2.05, 4.69) is 35.3 Å². The van der Waals surface area contributed by atoms with E-state index in [1.165, 1.54) is 7.05 Å². The summed E-state index contributed by atoms with van der Waals surface area (Å²) in [6.07, 6.45) is -4.27. The largest absolute Gasteiger partial charge is 0.479 e. The second-order valence-corrected chi connectivity index (χ2v) is 3.59. The molecule has 0 unspecified atom stereocenters. The van der Waals surface area contributed by atoms with Gasteiger partial charge >= 0.3 is 5.97 Å². The molecular weight excluding hydrogens is 320 g/mol. The van der Waals surface area contributed by atoms with E-state index in [9.17, 15) is 24.9 Å². The molecule has 0 aliphatic carbocycles. The van der Waals surface area contributed by atoms with Gasteiger partial charge in [-0.3, -0.25) is 10.1 Å². The molecule has 0 aliphatic rings. The number of nitrogens with one attached hydrogen (secondary N) is 1. The molecule has 0 saturated carbocycles. The summed E-state index contributed by atoms with van der Waals surface area (Å²) < 4.78 is 0. The van der Waals surface area contributed by atoms with Crippen molar-refractivity contribution in [2.45, 2.75) is 24.4 Å². The molecule has 0 aliphatic heterocycles. The van der Waals surface area contributed by atoms with Gasteiger partial charge in [-0.15, -0.1) is 6.42 Å². The van der Waals surface area contributed by atoms with Gasteiger partial charge in [0.15, 0.2) is 12.2 Å². The highest BCUT2D eigenvalue weighted by Crippen LogP contribution is 2.05. The SMILES string of the molecule is C#CC#CC#CC#CNC(=O)[C@@H](O)[C@H](O)[C@@H](O)[C@@H](O)C(=O)O.CN.[HH].[HH].[HH].[HH].[HH].[HH].[HH].